The SMILES string of the molecule is C=CCOc1ccccc1CCN(CCCCC(=O)OC)Cc1ccc(C(=O)OC)cc1. The fourth-order valence-corrected chi connectivity index (χ4v) is 3.38. The molecule has 0 bridgehead atoms. The lowest BCUT2D eigenvalue weighted by molar-refractivity contribution is -0.140. The molecule has 0 aliphatic heterocycles. The minimum absolute atomic E-state index is 0.178. The lowest BCUT2D eigenvalue weighted by Crippen LogP contribution is -2.27. The molecule has 0 unspecified atom stereocenters. The fourth-order valence-electron chi connectivity index (χ4n) is 3.38. The van der Waals surface area contributed by atoms with Gasteiger partial charge in [0.05, 0.1) is 19.8 Å². The van der Waals surface area contributed by atoms with Crippen molar-refractivity contribution < 1.29 is 23.8 Å². The van der Waals surface area contributed by atoms with Gasteiger partial charge >= 0.3 is 11.9 Å². The van der Waals surface area contributed by atoms with E-state index in [4.69, 9.17) is 14.2 Å². The van der Waals surface area contributed by atoms with Gasteiger partial charge in [0.15, 0.2) is 0 Å². The Hall–Kier alpha value is -3.12. The van der Waals surface area contributed by atoms with E-state index in [9.17, 15) is 9.59 Å². The number of hydrogen-bond acceptors (Lipinski definition) is 6. The molecule has 172 valence electrons. The van der Waals surface area contributed by atoms with Crippen LogP contribution in [-0.4, -0.2) is 50.8 Å². The van der Waals surface area contributed by atoms with Crippen molar-refractivity contribution in [2.45, 2.75) is 32.2 Å². The van der Waals surface area contributed by atoms with Crippen molar-refractivity contribution in [3.63, 3.8) is 0 Å². The van der Waals surface area contributed by atoms with Gasteiger partial charge in [-0.2, -0.15) is 0 Å². The molecule has 2 aromatic rings. The first kappa shape index (κ1) is 25.1. The third kappa shape index (κ3) is 8.55. The van der Waals surface area contributed by atoms with Gasteiger partial charge in [0.25, 0.3) is 0 Å². The maximum Gasteiger partial charge on any atom is 0.337 e. The van der Waals surface area contributed by atoms with Gasteiger partial charge in [-0.15, -0.1) is 0 Å². The van der Waals surface area contributed by atoms with Crippen LogP contribution in [-0.2, 0) is 27.2 Å². The van der Waals surface area contributed by atoms with E-state index < -0.39 is 0 Å². The normalized spacial score (nSPS) is 10.6. The highest BCUT2D eigenvalue weighted by molar-refractivity contribution is 5.89. The zero-order valence-electron chi connectivity index (χ0n) is 19.0. The molecule has 0 atom stereocenters. The average Bonchev–Trinajstić information content (AvgIpc) is 2.83. The molecule has 0 saturated carbocycles. The van der Waals surface area contributed by atoms with E-state index in [0.717, 1.165) is 55.8 Å². The minimum Gasteiger partial charge on any atom is -0.489 e. The lowest BCUT2D eigenvalue weighted by atomic mass is 10.1. The summed E-state index contributed by atoms with van der Waals surface area (Å²) in [6.45, 7) is 6.62. The van der Waals surface area contributed by atoms with E-state index in [-0.39, 0.29) is 11.9 Å². The number of nitrogens with zero attached hydrogens (tertiary/aromatic N) is 1. The Labute approximate surface area is 190 Å². The van der Waals surface area contributed by atoms with Crippen molar-refractivity contribution in [2.24, 2.45) is 0 Å². The van der Waals surface area contributed by atoms with Crippen LogP contribution in [0.3, 0.4) is 0 Å². The molecule has 0 aromatic heterocycles. The van der Waals surface area contributed by atoms with Gasteiger partial charge in [-0.05, 0) is 55.1 Å². The van der Waals surface area contributed by atoms with Gasteiger partial charge < -0.3 is 14.2 Å². The van der Waals surface area contributed by atoms with Crippen molar-refractivity contribution in [1.29, 1.82) is 0 Å². The summed E-state index contributed by atoms with van der Waals surface area (Å²) in [6, 6.07) is 15.5. The molecule has 0 aliphatic rings. The predicted octanol–water partition coefficient (Wildman–Crippen LogP) is 4.43. The van der Waals surface area contributed by atoms with Crippen molar-refractivity contribution in [1.82, 2.24) is 4.90 Å². The molecule has 32 heavy (non-hydrogen) atoms. The molecule has 0 amide bonds. The first-order valence-electron chi connectivity index (χ1n) is 10.9. The Balaban J connectivity index is 2.02. The number of carbonyl (C=O) groups excluding carboxylic acids is 2. The van der Waals surface area contributed by atoms with E-state index in [1.165, 1.54) is 14.2 Å². The van der Waals surface area contributed by atoms with Crippen LogP contribution < -0.4 is 4.74 Å². The monoisotopic (exact) mass is 439 g/mol. The van der Waals surface area contributed by atoms with E-state index in [0.29, 0.717) is 18.6 Å². The zero-order chi connectivity index (χ0) is 23.2. The number of para-hydroxylation sites is 1. The van der Waals surface area contributed by atoms with Gasteiger partial charge in [-0.1, -0.05) is 43.0 Å². The number of rotatable bonds is 14. The molecular formula is C26H33NO5. The number of esters is 2. The Morgan fingerprint density at radius 3 is 2.41 bits per heavy atom. The molecule has 6 nitrogen and oxygen atoms in total. The van der Waals surface area contributed by atoms with Gasteiger partial charge in [-0.3, -0.25) is 9.69 Å². The highest BCUT2D eigenvalue weighted by Gasteiger charge is 2.11. The molecule has 0 N–H and O–H groups in total. The zero-order valence-corrected chi connectivity index (χ0v) is 19.0. The molecule has 0 radical (unpaired) electrons. The summed E-state index contributed by atoms with van der Waals surface area (Å²) in [6.07, 6.45) is 4.68. The van der Waals surface area contributed by atoms with E-state index in [2.05, 4.69) is 17.5 Å². The molecule has 0 aliphatic carbocycles. The van der Waals surface area contributed by atoms with Crippen molar-refractivity contribution in [3.05, 3.63) is 77.9 Å². The highest BCUT2D eigenvalue weighted by Crippen LogP contribution is 2.20. The number of benzene rings is 2. The van der Waals surface area contributed by atoms with Gasteiger partial charge in [0, 0.05) is 19.5 Å². The summed E-state index contributed by atoms with van der Waals surface area (Å²) in [7, 11) is 2.79. The second-order valence-electron chi connectivity index (χ2n) is 7.46. The van der Waals surface area contributed by atoms with Crippen LogP contribution >= 0.6 is 0 Å². The second kappa shape index (κ2) is 14.0. The number of methoxy groups -OCH3 is 2. The molecular weight excluding hydrogens is 406 g/mol. The van der Waals surface area contributed by atoms with E-state index in [1.807, 2.05) is 30.3 Å². The molecule has 0 fully saturated rings. The number of hydrogen-bond donors (Lipinski definition) is 0. The van der Waals surface area contributed by atoms with Crippen LogP contribution in [0.4, 0.5) is 0 Å². The molecule has 0 saturated heterocycles. The minimum atomic E-state index is -0.340. The Morgan fingerprint density at radius 1 is 0.969 bits per heavy atom. The van der Waals surface area contributed by atoms with Crippen molar-refractivity contribution in [2.75, 3.05) is 33.9 Å². The molecule has 6 heteroatoms. The Bertz CT molecular complexity index is 863. The third-order valence-corrected chi connectivity index (χ3v) is 5.14. The van der Waals surface area contributed by atoms with Crippen LogP contribution in [0.15, 0.2) is 61.2 Å². The number of ether oxygens (including phenoxy) is 3. The van der Waals surface area contributed by atoms with Crippen LogP contribution in [0.2, 0.25) is 0 Å². The predicted molar refractivity (Wildman–Crippen MR) is 125 cm³/mol. The molecule has 2 rings (SSSR count). The first-order chi connectivity index (χ1) is 15.6. The average molecular weight is 440 g/mol. The van der Waals surface area contributed by atoms with Gasteiger partial charge in [0.2, 0.25) is 0 Å². The van der Waals surface area contributed by atoms with Crippen molar-refractivity contribution >= 4 is 11.9 Å². The topological polar surface area (TPSA) is 65.1 Å². The van der Waals surface area contributed by atoms with Crippen LogP contribution in [0.25, 0.3) is 0 Å². The summed E-state index contributed by atoms with van der Waals surface area (Å²) in [5, 5.41) is 0. The lowest BCUT2D eigenvalue weighted by Gasteiger charge is -2.23. The highest BCUT2D eigenvalue weighted by atomic mass is 16.5. The fraction of sp³-hybridized carbons (Fsp3) is 0.385. The summed E-state index contributed by atoms with van der Waals surface area (Å²) >= 11 is 0. The van der Waals surface area contributed by atoms with E-state index in [1.54, 1.807) is 18.2 Å². The summed E-state index contributed by atoms with van der Waals surface area (Å²) in [4.78, 5) is 25.4. The maximum absolute atomic E-state index is 11.7. The molecule has 0 spiro atoms. The summed E-state index contributed by atoms with van der Waals surface area (Å²) < 4.78 is 15.3. The van der Waals surface area contributed by atoms with Crippen LogP contribution in [0, 0.1) is 0 Å². The molecule has 0 heterocycles. The molecule has 2 aromatic carbocycles. The van der Waals surface area contributed by atoms with Crippen molar-refractivity contribution in [3.8, 4) is 5.75 Å². The summed E-state index contributed by atoms with van der Waals surface area (Å²) in [5.74, 6) is 0.357. The van der Waals surface area contributed by atoms with Gasteiger partial charge in [-0.25, -0.2) is 4.79 Å². The van der Waals surface area contributed by atoms with Gasteiger partial charge in [0.1, 0.15) is 12.4 Å². The standard InChI is InChI=1S/C26H33NO5/c1-4-19-32-24-10-6-5-9-22(24)16-18-27(17-8-7-11-25(28)30-2)20-21-12-14-23(15-13-21)26(29)31-3/h4-6,9-10,12-15H,1,7-8,11,16-20H2,2-3H3. The quantitative estimate of drug-likeness (QED) is 0.247. The Morgan fingerprint density at radius 2 is 1.72 bits per heavy atom. The Kier molecular flexibility index (Phi) is 11.0. The van der Waals surface area contributed by atoms with Crippen LogP contribution in [0.5, 0.6) is 5.75 Å². The largest absolute Gasteiger partial charge is 0.489 e. The first-order valence-corrected chi connectivity index (χ1v) is 10.9. The van der Waals surface area contributed by atoms with E-state index >= 15 is 0 Å². The summed E-state index contributed by atoms with van der Waals surface area (Å²) in [5.41, 5.74) is 2.80. The van der Waals surface area contributed by atoms with Crippen LogP contribution in [0.1, 0.15) is 40.7 Å². The second-order valence-corrected chi connectivity index (χ2v) is 7.46. The third-order valence-electron chi connectivity index (χ3n) is 5.14. The number of unbranched alkanes of at least 4 members (excludes halogenated alkanes) is 1. The smallest absolute Gasteiger partial charge is 0.337 e. The maximum atomic E-state index is 11.7. The number of carbonyl (C=O) groups is 2.